The van der Waals surface area contributed by atoms with E-state index in [0.717, 1.165) is 32.4 Å². The number of amides is 1. The average molecular weight is 385 g/mol. The van der Waals surface area contributed by atoms with Crippen LogP contribution >= 0.6 is 22.7 Å². The average Bonchev–Trinajstić information content (AvgIpc) is 3.39. The summed E-state index contributed by atoms with van der Waals surface area (Å²) >= 11 is 3.04. The molecule has 1 aliphatic heterocycles. The lowest BCUT2D eigenvalue weighted by molar-refractivity contribution is 0.0757. The van der Waals surface area contributed by atoms with E-state index in [1.165, 1.54) is 11.3 Å². The number of carbonyl (C=O) groups is 1. The fraction of sp³-hybridized carbons (Fsp3) is 0.222. The molecule has 4 aromatic rings. The molecule has 4 heterocycles. The van der Waals surface area contributed by atoms with E-state index in [9.17, 15) is 4.79 Å². The van der Waals surface area contributed by atoms with Gasteiger partial charge < -0.3 is 14.4 Å². The minimum absolute atomic E-state index is 0.0251. The molecule has 1 aliphatic rings. The zero-order chi connectivity index (χ0) is 17.7. The van der Waals surface area contributed by atoms with Crippen molar-refractivity contribution in [2.24, 2.45) is 0 Å². The van der Waals surface area contributed by atoms with Crippen LogP contribution in [0.15, 0.2) is 35.8 Å². The van der Waals surface area contributed by atoms with Gasteiger partial charge in [-0.3, -0.25) is 9.20 Å². The molecular formula is C18H15N3O3S2. The van der Waals surface area contributed by atoms with Gasteiger partial charge in [0, 0.05) is 24.7 Å². The van der Waals surface area contributed by atoms with E-state index in [1.54, 1.807) is 11.3 Å². The first-order valence-electron chi connectivity index (χ1n) is 8.26. The van der Waals surface area contributed by atoms with E-state index in [2.05, 4.69) is 4.98 Å². The second-order valence-electron chi connectivity index (χ2n) is 5.98. The second kappa shape index (κ2) is 6.00. The Hall–Kier alpha value is -2.58. The van der Waals surface area contributed by atoms with E-state index in [1.807, 2.05) is 52.1 Å². The number of thiophene rings is 1. The maximum atomic E-state index is 13.0. The standard InChI is InChI=1S/C18H15N3O3S2/c1-2-20(9-11-3-4-13-14(7-11)24-10-23-13)17(22)15-8-12-16(26-15)19-18-21(12)5-6-25-18/h3-8H,2,9-10H2,1H3. The Balaban J connectivity index is 1.42. The van der Waals surface area contributed by atoms with Gasteiger partial charge in [-0.15, -0.1) is 22.7 Å². The highest BCUT2D eigenvalue weighted by molar-refractivity contribution is 7.21. The van der Waals surface area contributed by atoms with Crippen molar-refractivity contribution in [1.82, 2.24) is 14.3 Å². The Kier molecular flexibility index (Phi) is 3.61. The maximum absolute atomic E-state index is 13.0. The molecule has 0 saturated heterocycles. The first-order valence-corrected chi connectivity index (χ1v) is 9.95. The third-order valence-corrected chi connectivity index (χ3v) is 6.19. The van der Waals surface area contributed by atoms with Crippen molar-refractivity contribution >= 4 is 43.9 Å². The molecule has 8 heteroatoms. The van der Waals surface area contributed by atoms with Gasteiger partial charge in [-0.25, -0.2) is 4.98 Å². The number of fused-ring (bicyclic) bond motifs is 4. The van der Waals surface area contributed by atoms with E-state index in [4.69, 9.17) is 9.47 Å². The summed E-state index contributed by atoms with van der Waals surface area (Å²) in [7, 11) is 0. The summed E-state index contributed by atoms with van der Waals surface area (Å²) in [4.78, 5) is 22.0. The van der Waals surface area contributed by atoms with Crippen LogP contribution in [0, 0.1) is 0 Å². The van der Waals surface area contributed by atoms with Crippen LogP contribution < -0.4 is 9.47 Å². The quantitative estimate of drug-likeness (QED) is 0.533. The van der Waals surface area contributed by atoms with Crippen LogP contribution in [0.1, 0.15) is 22.2 Å². The number of thiazole rings is 1. The van der Waals surface area contributed by atoms with Gasteiger partial charge in [0.15, 0.2) is 16.5 Å². The van der Waals surface area contributed by atoms with E-state index < -0.39 is 0 Å². The zero-order valence-electron chi connectivity index (χ0n) is 14.0. The molecular weight excluding hydrogens is 370 g/mol. The lowest BCUT2D eigenvalue weighted by Gasteiger charge is -2.20. The van der Waals surface area contributed by atoms with Crippen LogP contribution in [0.25, 0.3) is 15.3 Å². The summed E-state index contributed by atoms with van der Waals surface area (Å²) in [6.45, 7) is 3.40. The monoisotopic (exact) mass is 385 g/mol. The fourth-order valence-electron chi connectivity index (χ4n) is 3.10. The molecule has 0 spiro atoms. The Labute approximate surface area is 157 Å². The third-order valence-electron chi connectivity index (χ3n) is 4.43. The van der Waals surface area contributed by atoms with E-state index in [-0.39, 0.29) is 12.7 Å². The predicted molar refractivity (Wildman–Crippen MR) is 101 cm³/mol. The smallest absolute Gasteiger partial charge is 0.264 e. The fourth-order valence-corrected chi connectivity index (χ4v) is 4.86. The minimum atomic E-state index is 0.0251. The molecule has 0 aliphatic carbocycles. The van der Waals surface area contributed by atoms with Crippen molar-refractivity contribution in [3.05, 3.63) is 46.3 Å². The number of hydrogen-bond acceptors (Lipinski definition) is 6. The summed E-state index contributed by atoms with van der Waals surface area (Å²) in [5.41, 5.74) is 2.02. The van der Waals surface area contributed by atoms with Gasteiger partial charge in [0.25, 0.3) is 5.91 Å². The van der Waals surface area contributed by atoms with Gasteiger partial charge in [0.05, 0.1) is 10.4 Å². The molecule has 3 aromatic heterocycles. The highest BCUT2D eigenvalue weighted by atomic mass is 32.1. The summed E-state index contributed by atoms with van der Waals surface area (Å²) in [5, 5.41) is 2.00. The summed E-state index contributed by atoms with van der Waals surface area (Å²) < 4.78 is 12.8. The lowest BCUT2D eigenvalue weighted by atomic mass is 10.2. The van der Waals surface area contributed by atoms with Crippen LogP contribution in [-0.4, -0.2) is 33.5 Å². The zero-order valence-corrected chi connectivity index (χ0v) is 15.6. The van der Waals surface area contributed by atoms with E-state index in [0.29, 0.717) is 18.0 Å². The van der Waals surface area contributed by atoms with Crippen molar-refractivity contribution in [2.75, 3.05) is 13.3 Å². The third kappa shape index (κ3) is 2.45. The number of nitrogens with zero attached hydrogens (tertiary/aromatic N) is 3. The van der Waals surface area contributed by atoms with Gasteiger partial charge in [0.2, 0.25) is 6.79 Å². The summed E-state index contributed by atoms with van der Waals surface area (Å²) in [5.74, 6) is 1.52. The van der Waals surface area contributed by atoms with E-state index >= 15 is 0 Å². The van der Waals surface area contributed by atoms with Gasteiger partial charge >= 0.3 is 0 Å². The van der Waals surface area contributed by atoms with Crippen LogP contribution in [0.2, 0.25) is 0 Å². The number of aromatic nitrogens is 2. The van der Waals surface area contributed by atoms with Gasteiger partial charge in [-0.1, -0.05) is 6.07 Å². The largest absolute Gasteiger partial charge is 0.454 e. The maximum Gasteiger partial charge on any atom is 0.264 e. The molecule has 0 atom stereocenters. The van der Waals surface area contributed by atoms with Gasteiger partial charge in [0.1, 0.15) is 4.83 Å². The number of benzene rings is 1. The van der Waals surface area contributed by atoms with Gasteiger partial charge in [-0.05, 0) is 30.7 Å². The number of carbonyl (C=O) groups excluding carboxylic acids is 1. The van der Waals surface area contributed by atoms with Crippen LogP contribution in [0.3, 0.4) is 0 Å². The molecule has 5 rings (SSSR count). The lowest BCUT2D eigenvalue weighted by Crippen LogP contribution is -2.29. The Morgan fingerprint density at radius 1 is 1.31 bits per heavy atom. The van der Waals surface area contributed by atoms with Crippen molar-refractivity contribution in [2.45, 2.75) is 13.5 Å². The number of imidazole rings is 1. The second-order valence-corrected chi connectivity index (χ2v) is 7.88. The van der Waals surface area contributed by atoms with Crippen molar-refractivity contribution in [3.63, 3.8) is 0 Å². The number of hydrogen-bond donors (Lipinski definition) is 0. The predicted octanol–water partition coefficient (Wildman–Crippen LogP) is 4.00. The highest BCUT2D eigenvalue weighted by Gasteiger charge is 2.21. The molecule has 0 saturated carbocycles. The van der Waals surface area contributed by atoms with Gasteiger partial charge in [-0.2, -0.15) is 0 Å². The minimum Gasteiger partial charge on any atom is -0.454 e. The summed E-state index contributed by atoms with van der Waals surface area (Å²) in [6, 6.07) is 7.75. The van der Waals surface area contributed by atoms with Crippen LogP contribution in [-0.2, 0) is 6.54 Å². The summed E-state index contributed by atoms with van der Waals surface area (Å²) in [6.07, 6.45) is 1.99. The molecule has 26 heavy (non-hydrogen) atoms. The normalized spacial score (nSPS) is 13.0. The first kappa shape index (κ1) is 15.7. The molecule has 132 valence electrons. The Morgan fingerprint density at radius 3 is 3.08 bits per heavy atom. The Bertz CT molecular complexity index is 1130. The molecule has 6 nitrogen and oxygen atoms in total. The van der Waals surface area contributed by atoms with Crippen molar-refractivity contribution in [3.8, 4) is 11.5 Å². The van der Waals surface area contributed by atoms with Crippen LogP contribution in [0.4, 0.5) is 0 Å². The first-order chi connectivity index (χ1) is 12.7. The van der Waals surface area contributed by atoms with Crippen molar-refractivity contribution in [1.29, 1.82) is 0 Å². The van der Waals surface area contributed by atoms with Crippen molar-refractivity contribution < 1.29 is 14.3 Å². The molecule has 1 aromatic carbocycles. The molecule has 0 unspecified atom stereocenters. The molecule has 0 radical (unpaired) electrons. The van der Waals surface area contributed by atoms with Crippen LogP contribution in [0.5, 0.6) is 11.5 Å². The molecule has 0 N–H and O–H groups in total. The molecule has 0 bridgehead atoms. The number of ether oxygens (including phenoxy) is 2. The molecule has 1 amide bonds. The number of rotatable bonds is 4. The molecule has 0 fully saturated rings. The SMILES string of the molecule is CCN(Cc1ccc2c(c1)OCO2)C(=O)c1cc2c(nc3sccn32)s1. The topological polar surface area (TPSA) is 56.1 Å². The highest BCUT2D eigenvalue weighted by Crippen LogP contribution is 2.33. The Morgan fingerprint density at radius 2 is 2.19 bits per heavy atom.